The molecule has 0 heterocycles. The summed E-state index contributed by atoms with van der Waals surface area (Å²) >= 11 is 0. The highest BCUT2D eigenvalue weighted by molar-refractivity contribution is 5.97. The number of hydrogen-bond donors (Lipinski definition) is 1. The van der Waals surface area contributed by atoms with E-state index in [0.717, 1.165) is 18.4 Å². The second-order valence-electron chi connectivity index (χ2n) is 4.90. The molecule has 1 N–H and O–H groups in total. The molecule has 1 aromatic rings. The summed E-state index contributed by atoms with van der Waals surface area (Å²) in [6, 6.07) is 7.23. The molecule has 0 aliphatic heterocycles. The summed E-state index contributed by atoms with van der Waals surface area (Å²) in [4.78, 5) is 11.8. The number of halogens is 3. The van der Waals surface area contributed by atoms with Crippen LogP contribution in [0.3, 0.4) is 0 Å². The van der Waals surface area contributed by atoms with E-state index in [1.165, 1.54) is 6.42 Å². The van der Waals surface area contributed by atoms with E-state index in [9.17, 15) is 18.0 Å². The van der Waals surface area contributed by atoms with Gasteiger partial charge in [0.2, 0.25) is 0 Å². The van der Waals surface area contributed by atoms with Crippen molar-refractivity contribution in [1.82, 2.24) is 5.32 Å². The third kappa shape index (κ3) is 4.06. The molecule has 1 aromatic carbocycles. The van der Waals surface area contributed by atoms with Gasteiger partial charge < -0.3 is 5.32 Å². The summed E-state index contributed by atoms with van der Waals surface area (Å²) in [6.45, 7) is -1.42. The number of alkyl halides is 3. The number of carbonyl (C=O) groups is 1. The maximum absolute atomic E-state index is 12.0. The second-order valence-corrected chi connectivity index (χ2v) is 4.90. The fourth-order valence-corrected chi connectivity index (χ4v) is 2.13. The van der Waals surface area contributed by atoms with Gasteiger partial charge in [-0.15, -0.1) is 0 Å². The van der Waals surface area contributed by atoms with E-state index in [0.29, 0.717) is 11.5 Å². The molecule has 0 amide bonds. The Morgan fingerprint density at radius 3 is 2.63 bits per heavy atom. The molecule has 1 fully saturated rings. The molecule has 0 radical (unpaired) electrons. The average Bonchev–Trinajstić information content (AvgIpc) is 2.25. The quantitative estimate of drug-likeness (QED) is 0.833. The Labute approximate surface area is 110 Å². The molecular formula is C14H16F3NO. The molecule has 1 aliphatic carbocycles. The topological polar surface area (TPSA) is 29.1 Å². The van der Waals surface area contributed by atoms with Crippen LogP contribution in [0.5, 0.6) is 0 Å². The van der Waals surface area contributed by atoms with E-state index >= 15 is 0 Å². The van der Waals surface area contributed by atoms with Crippen LogP contribution < -0.4 is 5.32 Å². The van der Waals surface area contributed by atoms with Gasteiger partial charge in [-0.2, -0.15) is 13.2 Å². The highest BCUT2D eigenvalue weighted by Gasteiger charge is 2.26. The third-order valence-corrected chi connectivity index (χ3v) is 3.40. The Morgan fingerprint density at radius 2 is 2.05 bits per heavy atom. The molecule has 104 valence electrons. The van der Waals surface area contributed by atoms with Crippen LogP contribution in [0.25, 0.3) is 0 Å². The molecular weight excluding hydrogens is 255 g/mol. The summed E-state index contributed by atoms with van der Waals surface area (Å²) < 4.78 is 35.9. The van der Waals surface area contributed by atoms with Crippen LogP contribution in [0.1, 0.15) is 41.1 Å². The molecule has 0 saturated heterocycles. The lowest BCUT2D eigenvalue weighted by molar-refractivity contribution is -0.124. The number of ketones is 1. The van der Waals surface area contributed by atoms with Gasteiger partial charge in [0.1, 0.15) is 0 Å². The zero-order valence-corrected chi connectivity index (χ0v) is 10.5. The molecule has 0 bridgehead atoms. The predicted molar refractivity (Wildman–Crippen MR) is 66.3 cm³/mol. The number of carbonyl (C=O) groups excluding carboxylic acids is 1. The molecule has 2 nitrogen and oxygen atoms in total. The van der Waals surface area contributed by atoms with Crippen LogP contribution >= 0.6 is 0 Å². The molecule has 1 saturated carbocycles. The maximum atomic E-state index is 12.0. The molecule has 2 rings (SSSR count). The maximum Gasteiger partial charge on any atom is 0.401 e. The van der Waals surface area contributed by atoms with Gasteiger partial charge in [0, 0.05) is 5.56 Å². The van der Waals surface area contributed by atoms with E-state index < -0.39 is 12.7 Å². The summed E-state index contributed by atoms with van der Waals surface area (Å²) in [7, 11) is 0. The van der Waals surface area contributed by atoms with E-state index in [1.54, 1.807) is 18.2 Å². The Balaban J connectivity index is 1.91. The van der Waals surface area contributed by atoms with Crippen molar-refractivity contribution in [3.8, 4) is 0 Å². The molecule has 0 spiro atoms. The smallest absolute Gasteiger partial charge is 0.302 e. The summed E-state index contributed by atoms with van der Waals surface area (Å²) in [5, 5.41) is 2.13. The van der Waals surface area contributed by atoms with Crippen LogP contribution in [0.15, 0.2) is 24.3 Å². The van der Waals surface area contributed by atoms with Gasteiger partial charge in [0.05, 0.1) is 13.1 Å². The first-order valence-corrected chi connectivity index (χ1v) is 6.36. The Hall–Kier alpha value is -1.36. The van der Waals surface area contributed by atoms with Gasteiger partial charge in [-0.1, -0.05) is 24.6 Å². The van der Waals surface area contributed by atoms with Crippen molar-refractivity contribution in [2.45, 2.75) is 31.4 Å². The van der Waals surface area contributed by atoms with Gasteiger partial charge >= 0.3 is 6.18 Å². The zero-order chi connectivity index (χ0) is 13.9. The van der Waals surface area contributed by atoms with Crippen LogP contribution in [0, 0.1) is 0 Å². The van der Waals surface area contributed by atoms with Gasteiger partial charge in [-0.25, -0.2) is 0 Å². The highest BCUT2D eigenvalue weighted by Crippen LogP contribution is 2.36. The standard InChI is InChI=1S/C14H16F3NO/c15-14(16,17)9-18-8-13(19)12-6-2-5-11(7-12)10-3-1-4-10/h2,5-7,10,18H,1,3-4,8-9H2. The molecule has 5 heteroatoms. The second kappa shape index (κ2) is 5.74. The van der Waals surface area contributed by atoms with Crippen molar-refractivity contribution in [2.75, 3.05) is 13.1 Å². The number of benzene rings is 1. The van der Waals surface area contributed by atoms with Crippen LogP contribution in [0.2, 0.25) is 0 Å². The van der Waals surface area contributed by atoms with Crippen LogP contribution in [0.4, 0.5) is 13.2 Å². The van der Waals surface area contributed by atoms with Crippen LogP contribution in [-0.2, 0) is 0 Å². The van der Waals surface area contributed by atoms with Gasteiger partial charge in [-0.05, 0) is 30.4 Å². The number of nitrogens with one attached hydrogen (secondary N) is 1. The fourth-order valence-electron chi connectivity index (χ4n) is 2.13. The lowest BCUT2D eigenvalue weighted by Gasteiger charge is -2.26. The largest absolute Gasteiger partial charge is 0.401 e. The first-order valence-electron chi connectivity index (χ1n) is 6.36. The van der Waals surface area contributed by atoms with Crippen molar-refractivity contribution in [2.24, 2.45) is 0 Å². The van der Waals surface area contributed by atoms with E-state index in [1.807, 2.05) is 6.07 Å². The number of Topliss-reactive ketones (excluding diaryl/α,β-unsaturated/α-hetero) is 1. The van der Waals surface area contributed by atoms with Crippen molar-refractivity contribution >= 4 is 5.78 Å². The third-order valence-electron chi connectivity index (χ3n) is 3.40. The molecule has 0 atom stereocenters. The monoisotopic (exact) mass is 271 g/mol. The van der Waals surface area contributed by atoms with E-state index in [4.69, 9.17) is 0 Å². The minimum absolute atomic E-state index is 0.284. The number of rotatable bonds is 5. The molecule has 1 aliphatic rings. The lowest BCUT2D eigenvalue weighted by Crippen LogP contribution is -2.32. The van der Waals surface area contributed by atoms with Crippen LogP contribution in [-0.4, -0.2) is 25.0 Å². The van der Waals surface area contributed by atoms with Crippen molar-refractivity contribution < 1.29 is 18.0 Å². The minimum Gasteiger partial charge on any atom is -0.302 e. The lowest BCUT2D eigenvalue weighted by atomic mass is 9.79. The zero-order valence-electron chi connectivity index (χ0n) is 10.5. The van der Waals surface area contributed by atoms with E-state index in [-0.39, 0.29) is 12.3 Å². The first kappa shape index (κ1) is 14.1. The Morgan fingerprint density at radius 1 is 1.32 bits per heavy atom. The molecule has 19 heavy (non-hydrogen) atoms. The van der Waals surface area contributed by atoms with Crippen molar-refractivity contribution in [3.05, 3.63) is 35.4 Å². The van der Waals surface area contributed by atoms with E-state index in [2.05, 4.69) is 5.32 Å². The average molecular weight is 271 g/mol. The first-order chi connectivity index (χ1) is 8.96. The highest BCUT2D eigenvalue weighted by atomic mass is 19.4. The van der Waals surface area contributed by atoms with Crippen molar-refractivity contribution in [1.29, 1.82) is 0 Å². The molecule has 0 aromatic heterocycles. The fraction of sp³-hybridized carbons (Fsp3) is 0.500. The Kier molecular flexibility index (Phi) is 4.24. The Bertz CT molecular complexity index is 452. The minimum atomic E-state index is -4.28. The predicted octanol–water partition coefficient (Wildman–Crippen LogP) is 3.29. The molecule has 0 unspecified atom stereocenters. The SMILES string of the molecule is O=C(CNCC(F)(F)F)c1cccc(C2CCC2)c1. The van der Waals surface area contributed by atoms with Crippen molar-refractivity contribution in [3.63, 3.8) is 0 Å². The summed E-state index contributed by atoms with van der Waals surface area (Å²) in [5.41, 5.74) is 1.60. The number of hydrogen-bond acceptors (Lipinski definition) is 2. The normalized spacial score (nSPS) is 16.2. The van der Waals surface area contributed by atoms with Gasteiger partial charge in [0.25, 0.3) is 0 Å². The van der Waals surface area contributed by atoms with Gasteiger partial charge in [-0.3, -0.25) is 4.79 Å². The summed E-state index contributed by atoms with van der Waals surface area (Å²) in [5.74, 6) is 0.210. The van der Waals surface area contributed by atoms with Gasteiger partial charge in [0.15, 0.2) is 5.78 Å². The summed E-state index contributed by atoms with van der Waals surface area (Å²) in [6.07, 6.45) is -0.821.